The molecule has 0 amide bonds. The molecule has 102 valence electrons. The maximum atomic E-state index is 5.61. The average Bonchev–Trinajstić information content (AvgIpc) is 3.09. The number of hydrogen-bond acceptors (Lipinski definition) is 5. The van der Waals surface area contributed by atoms with Gasteiger partial charge in [0.25, 0.3) is 0 Å². The van der Waals surface area contributed by atoms with Crippen LogP contribution in [-0.4, -0.2) is 9.97 Å². The highest BCUT2D eigenvalue weighted by molar-refractivity contribution is 7.10. The van der Waals surface area contributed by atoms with Gasteiger partial charge in [-0.05, 0) is 12.5 Å². The molecule has 0 aliphatic carbocycles. The minimum absolute atomic E-state index is 0.575. The van der Waals surface area contributed by atoms with Crippen LogP contribution in [-0.2, 0) is 13.0 Å². The molecule has 1 aromatic carbocycles. The normalized spacial score (nSPS) is 10.9. The first kappa shape index (κ1) is 13.4. The zero-order chi connectivity index (χ0) is 13.9. The molecule has 2 N–H and O–H groups in total. The summed E-state index contributed by atoms with van der Waals surface area (Å²) in [5.41, 5.74) is 10.0. The molecular formula is C15H15N3S2. The van der Waals surface area contributed by atoms with Crippen LogP contribution >= 0.6 is 22.7 Å². The first-order chi connectivity index (χ1) is 9.74. The SMILES string of the molecule is Cc1nc(Cc2nc(-c3ccc(CN)cc3)cs2)cs1. The summed E-state index contributed by atoms with van der Waals surface area (Å²) in [7, 11) is 0. The van der Waals surface area contributed by atoms with E-state index in [1.807, 2.05) is 6.92 Å². The average molecular weight is 301 g/mol. The molecule has 0 saturated carbocycles. The molecule has 0 saturated heterocycles. The Morgan fingerprint density at radius 1 is 1.05 bits per heavy atom. The van der Waals surface area contributed by atoms with Gasteiger partial charge in [-0.2, -0.15) is 0 Å². The van der Waals surface area contributed by atoms with Crippen LogP contribution in [0.5, 0.6) is 0 Å². The summed E-state index contributed by atoms with van der Waals surface area (Å²) in [6.07, 6.45) is 0.815. The van der Waals surface area contributed by atoms with Gasteiger partial charge in [0.05, 0.1) is 21.4 Å². The van der Waals surface area contributed by atoms with Crippen LogP contribution in [0.2, 0.25) is 0 Å². The Hall–Kier alpha value is -1.56. The first-order valence-electron chi connectivity index (χ1n) is 6.39. The van der Waals surface area contributed by atoms with E-state index in [0.29, 0.717) is 6.54 Å². The van der Waals surface area contributed by atoms with Crippen LogP contribution in [0.1, 0.15) is 21.3 Å². The lowest BCUT2D eigenvalue weighted by Gasteiger charge is -1.99. The molecule has 3 nitrogen and oxygen atoms in total. The Bertz CT molecular complexity index is 698. The van der Waals surface area contributed by atoms with Crippen LogP contribution < -0.4 is 5.73 Å². The van der Waals surface area contributed by atoms with Crippen molar-refractivity contribution in [3.8, 4) is 11.3 Å². The zero-order valence-corrected chi connectivity index (χ0v) is 12.8. The Morgan fingerprint density at radius 3 is 2.50 bits per heavy atom. The summed E-state index contributed by atoms with van der Waals surface area (Å²) in [6.45, 7) is 2.60. The fourth-order valence-corrected chi connectivity index (χ4v) is 3.41. The molecule has 3 rings (SSSR count). The third-order valence-corrected chi connectivity index (χ3v) is 4.71. The second kappa shape index (κ2) is 5.83. The molecule has 0 aliphatic heterocycles. The third kappa shape index (κ3) is 2.95. The van der Waals surface area contributed by atoms with Crippen molar-refractivity contribution in [2.24, 2.45) is 5.73 Å². The Morgan fingerprint density at radius 2 is 1.85 bits per heavy atom. The van der Waals surface area contributed by atoms with E-state index in [0.717, 1.165) is 39.0 Å². The van der Waals surface area contributed by atoms with Gasteiger partial charge in [-0.25, -0.2) is 9.97 Å². The monoisotopic (exact) mass is 301 g/mol. The smallest absolute Gasteiger partial charge is 0.0992 e. The van der Waals surface area contributed by atoms with Gasteiger partial charge < -0.3 is 5.73 Å². The highest BCUT2D eigenvalue weighted by Crippen LogP contribution is 2.24. The Kier molecular flexibility index (Phi) is 3.91. The topological polar surface area (TPSA) is 51.8 Å². The van der Waals surface area contributed by atoms with E-state index >= 15 is 0 Å². The Balaban J connectivity index is 1.78. The number of nitrogens with two attached hydrogens (primary N) is 1. The molecule has 0 radical (unpaired) electrons. The minimum Gasteiger partial charge on any atom is -0.326 e. The summed E-state index contributed by atoms with van der Waals surface area (Å²) in [5, 5.41) is 6.42. The quantitative estimate of drug-likeness (QED) is 0.800. The second-order valence-corrected chi connectivity index (χ2v) is 6.57. The molecule has 2 heterocycles. The Labute approximate surface area is 126 Å². The molecule has 0 unspecified atom stereocenters. The number of nitrogens with zero attached hydrogens (tertiary/aromatic N) is 2. The number of benzene rings is 1. The molecule has 5 heteroatoms. The molecule has 0 aliphatic rings. The van der Waals surface area contributed by atoms with Crippen LogP contribution in [0, 0.1) is 6.92 Å². The van der Waals surface area contributed by atoms with Gasteiger partial charge in [-0.3, -0.25) is 0 Å². The molecule has 0 spiro atoms. The van der Waals surface area contributed by atoms with E-state index in [9.17, 15) is 0 Å². The lowest BCUT2D eigenvalue weighted by molar-refractivity contribution is 1.06. The lowest BCUT2D eigenvalue weighted by atomic mass is 10.1. The first-order valence-corrected chi connectivity index (χ1v) is 8.15. The number of hydrogen-bond donors (Lipinski definition) is 1. The molecule has 0 atom stereocenters. The maximum Gasteiger partial charge on any atom is 0.0992 e. The number of rotatable bonds is 4. The van der Waals surface area contributed by atoms with Crippen molar-refractivity contribution >= 4 is 22.7 Å². The van der Waals surface area contributed by atoms with Gasteiger partial charge in [0.1, 0.15) is 0 Å². The molecule has 0 bridgehead atoms. The highest BCUT2D eigenvalue weighted by atomic mass is 32.1. The summed E-state index contributed by atoms with van der Waals surface area (Å²) >= 11 is 3.37. The van der Waals surface area contributed by atoms with Crippen molar-refractivity contribution in [2.75, 3.05) is 0 Å². The van der Waals surface area contributed by atoms with Gasteiger partial charge >= 0.3 is 0 Å². The summed E-state index contributed by atoms with van der Waals surface area (Å²) in [5.74, 6) is 0. The number of aryl methyl sites for hydroxylation is 1. The van der Waals surface area contributed by atoms with Crippen molar-refractivity contribution in [1.29, 1.82) is 0 Å². The van der Waals surface area contributed by atoms with Gasteiger partial charge in [0, 0.05) is 29.3 Å². The molecular weight excluding hydrogens is 286 g/mol. The fraction of sp³-hybridized carbons (Fsp3) is 0.200. The van der Waals surface area contributed by atoms with Crippen LogP contribution in [0.15, 0.2) is 35.0 Å². The van der Waals surface area contributed by atoms with E-state index < -0.39 is 0 Å². The molecule has 3 aromatic rings. The third-order valence-electron chi connectivity index (χ3n) is 3.04. The van der Waals surface area contributed by atoms with Crippen molar-refractivity contribution < 1.29 is 0 Å². The predicted octanol–water partition coefficient (Wildman–Crippen LogP) is 3.62. The van der Waals surface area contributed by atoms with Crippen LogP contribution in [0.4, 0.5) is 0 Å². The van der Waals surface area contributed by atoms with Gasteiger partial charge in [0.15, 0.2) is 0 Å². The zero-order valence-electron chi connectivity index (χ0n) is 11.2. The van der Waals surface area contributed by atoms with E-state index in [1.54, 1.807) is 22.7 Å². The van der Waals surface area contributed by atoms with Crippen molar-refractivity contribution in [3.05, 3.63) is 56.3 Å². The standard InChI is InChI=1S/C15H15N3S2/c1-10-17-13(8-19-10)6-15-18-14(9-20-15)12-4-2-11(7-16)3-5-12/h2-5,8-9H,6-7,16H2,1H3. The number of aromatic nitrogens is 2. The lowest BCUT2D eigenvalue weighted by Crippen LogP contribution is -1.95. The van der Waals surface area contributed by atoms with Crippen LogP contribution in [0.3, 0.4) is 0 Å². The second-order valence-electron chi connectivity index (χ2n) is 4.56. The fourth-order valence-electron chi connectivity index (χ4n) is 1.98. The van der Waals surface area contributed by atoms with E-state index in [4.69, 9.17) is 10.7 Å². The van der Waals surface area contributed by atoms with E-state index in [-0.39, 0.29) is 0 Å². The summed E-state index contributed by atoms with van der Waals surface area (Å²) in [6, 6.07) is 8.26. The minimum atomic E-state index is 0.575. The largest absolute Gasteiger partial charge is 0.326 e. The van der Waals surface area contributed by atoms with Gasteiger partial charge in [-0.1, -0.05) is 24.3 Å². The van der Waals surface area contributed by atoms with Gasteiger partial charge in [0.2, 0.25) is 0 Å². The molecule has 0 fully saturated rings. The van der Waals surface area contributed by atoms with Crippen molar-refractivity contribution in [3.63, 3.8) is 0 Å². The predicted molar refractivity (Wildman–Crippen MR) is 85.1 cm³/mol. The van der Waals surface area contributed by atoms with Crippen molar-refractivity contribution in [1.82, 2.24) is 9.97 Å². The van der Waals surface area contributed by atoms with E-state index in [1.165, 1.54) is 0 Å². The van der Waals surface area contributed by atoms with E-state index in [2.05, 4.69) is 40.0 Å². The summed E-state index contributed by atoms with van der Waals surface area (Å²) in [4.78, 5) is 9.17. The van der Waals surface area contributed by atoms with Crippen molar-refractivity contribution in [2.45, 2.75) is 19.9 Å². The summed E-state index contributed by atoms with van der Waals surface area (Å²) < 4.78 is 0. The number of thiazole rings is 2. The maximum absolute atomic E-state index is 5.61. The molecule has 2 aromatic heterocycles. The van der Waals surface area contributed by atoms with Crippen LogP contribution in [0.25, 0.3) is 11.3 Å². The molecule has 20 heavy (non-hydrogen) atoms. The van der Waals surface area contributed by atoms with Gasteiger partial charge in [-0.15, -0.1) is 22.7 Å². The highest BCUT2D eigenvalue weighted by Gasteiger charge is 2.07.